The second kappa shape index (κ2) is 4.92. The largest absolute Gasteiger partial charge is 0.444 e. The first kappa shape index (κ1) is 13.4. The van der Waals surface area contributed by atoms with Crippen molar-refractivity contribution >= 4 is 6.09 Å². The van der Waals surface area contributed by atoms with Crippen LogP contribution in [0, 0.1) is 0 Å². The molecule has 18 heavy (non-hydrogen) atoms. The van der Waals surface area contributed by atoms with Crippen LogP contribution in [0.1, 0.15) is 40.0 Å². The first-order chi connectivity index (χ1) is 8.37. The van der Waals surface area contributed by atoms with E-state index in [1.54, 1.807) is 0 Å². The SMILES string of the molecule is C=C1CCC2COCC(C1)N2C(=O)OC(C)(C)C. The number of morpholine rings is 1. The zero-order chi connectivity index (χ0) is 13.3. The van der Waals surface area contributed by atoms with Crippen molar-refractivity contribution in [2.45, 2.75) is 57.7 Å². The molecule has 0 aromatic heterocycles. The molecule has 4 heteroatoms. The van der Waals surface area contributed by atoms with Crippen molar-refractivity contribution in [2.24, 2.45) is 0 Å². The Kier molecular flexibility index (Phi) is 3.66. The van der Waals surface area contributed by atoms with Crippen LogP contribution in [0.5, 0.6) is 0 Å². The maximum absolute atomic E-state index is 12.3. The van der Waals surface area contributed by atoms with Crippen LogP contribution in [0.25, 0.3) is 0 Å². The van der Waals surface area contributed by atoms with Gasteiger partial charge >= 0.3 is 6.09 Å². The number of rotatable bonds is 0. The van der Waals surface area contributed by atoms with E-state index in [-0.39, 0.29) is 18.2 Å². The van der Waals surface area contributed by atoms with Crippen molar-refractivity contribution in [3.8, 4) is 0 Å². The van der Waals surface area contributed by atoms with Gasteiger partial charge in [0.05, 0.1) is 25.3 Å². The highest BCUT2D eigenvalue weighted by Gasteiger charge is 2.39. The highest BCUT2D eigenvalue weighted by atomic mass is 16.6. The quantitative estimate of drug-likeness (QED) is 0.623. The molecule has 2 saturated heterocycles. The molecule has 2 rings (SSSR count). The summed E-state index contributed by atoms with van der Waals surface area (Å²) < 4.78 is 11.1. The van der Waals surface area contributed by atoms with Crippen LogP contribution in [-0.4, -0.2) is 41.9 Å². The molecular weight excluding hydrogens is 230 g/mol. The van der Waals surface area contributed by atoms with E-state index in [1.165, 1.54) is 5.57 Å². The fraction of sp³-hybridized carbons (Fsp3) is 0.786. The Labute approximate surface area is 109 Å². The number of amides is 1. The van der Waals surface area contributed by atoms with E-state index in [1.807, 2.05) is 25.7 Å². The Bertz CT molecular complexity index is 345. The number of fused-ring (bicyclic) bond motifs is 2. The normalized spacial score (nSPS) is 28.8. The molecule has 2 aliphatic rings. The van der Waals surface area contributed by atoms with Gasteiger partial charge in [0.1, 0.15) is 5.60 Å². The molecule has 0 spiro atoms. The average molecular weight is 253 g/mol. The highest BCUT2D eigenvalue weighted by molar-refractivity contribution is 5.69. The van der Waals surface area contributed by atoms with Gasteiger partial charge in [-0.2, -0.15) is 0 Å². The van der Waals surface area contributed by atoms with Gasteiger partial charge in [-0.15, -0.1) is 0 Å². The lowest BCUT2D eigenvalue weighted by Crippen LogP contribution is -2.55. The molecule has 2 fully saturated rings. The van der Waals surface area contributed by atoms with Gasteiger partial charge in [-0.3, -0.25) is 4.90 Å². The fourth-order valence-electron chi connectivity index (χ4n) is 2.60. The van der Waals surface area contributed by atoms with E-state index in [9.17, 15) is 4.79 Å². The van der Waals surface area contributed by atoms with Crippen LogP contribution in [0.4, 0.5) is 4.79 Å². The predicted octanol–water partition coefficient (Wildman–Crippen LogP) is 2.73. The Morgan fingerprint density at radius 1 is 1.39 bits per heavy atom. The van der Waals surface area contributed by atoms with E-state index >= 15 is 0 Å². The summed E-state index contributed by atoms with van der Waals surface area (Å²) in [7, 11) is 0. The smallest absolute Gasteiger partial charge is 0.410 e. The van der Waals surface area contributed by atoms with Crippen molar-refractivity contribution < 1.29 is 14.3 Å². The van der Waals surface area contributed by atoms with Crippen molar-refractivity contribution in [3.63, 3.8) is 0 Å². The van der Waals surface area contributed by atoms with Crippen LogP contribution in [0.15, 0.2) is 12.2 Å². The van der Waals surface area contributed by atoms with Crippen LogP contribution < -0.4 is 0 Å². The first-order valence-electron chi connectivity index (χ1n) is 6.62. The minimum absolute atomic E-state index is 0.0913. The molecule has 0 saturated carbocycles. The molecule has 2 unspecified atom stereocenters. The van der Waals surface area contributed by atoms with Crippen molar-refractivity contribution in [1.82, 2.24) is 4.90 Å². The summed E-state index contributed by atoms with van der Waals surface area (Å²) in [6, 6.07) is 0.228. The topological polar surface area (TPSA) is 38.8 Å². The third kappa shape index (κ3) is 3.05. The van der Waals surface area contributed by atoms with E-state index in [2.05, 4.69) is 6.58 Å². The highest BCUT2D eigenvalue weighted by Crippen LogP contribution is 2.30. The lowest BCUT2D eigenvalue weighted by Gasteiger charge is -2.40. The third-order valence-corrected chi connectivity index (χ3v) is 3.37. The molecule has 0 aliphatic carbocycles. The predicted molar refractivity (Wildman–Crippen MR) is 69.5 cm³/mol. The van der Waals surface area contributed by atoms with E-state index in [0.717, 1.165) is 19.3 Å². The molecule has 2 heterocycles. The van der Waals surface area contributed by atoms with Gasteiger partial charge in [-0.25, -0.2) is 4.79 Å². The first-order valence-corrected chi connectivity index (χ1v) is 6.62. The van der Waals surface area contributed by atoms with E-state index in [4.69, 9.17) is 9.47 Å². The number of hydrogen-bond donors (Lipinski definition) is 0. The molecule has 0 aromatic carbocycles. The Hall–Kier alpha value is -1.03. The third-order valence-electron chi connectivity index (χ3n) is 3.37. The molecule has 4 nitrogen and oxygen atoms in total. The zero-order valence-electron chi connectivity index (χ0n) is 11.6. The van der Waals surface area contributed by atoms with Gasteiger partial charge in [0.15, 0.2) is 0 Å². The summed E-state index contributed by atoms with van der Waals surface area (Å²) in [5.41, 5.74) is 0.761. The number of nitrogens with zero attached hydrogens (tertiary/aromatic N) is 1. The summed E-state index contributed by atoms with van der Waals surface area (Å²) >= 11 is 0. The lowest BCUT2D eigenvalue weighted by atomic mass is 10.1. The maximum atomic E-state index is 12.3. The summed E-state index contributed by atoms with van der Waals surface area (Å²) in [5, 5.41) is 0. The molecule has 0 radical (unpaired) electrons. The lowest BCUT2D eigenvalue weighted by molar-refractivity contribution is -0.0580. The standard InChI is InChI=1S/C14H23NO3/c1-10-5-6-11-8-17-9-12(7-10)15(11)13(16)18-14(2,3)4/h11-12H,1,5-9H2,2-4H3. The molecule has 0 N–H and O–H groups in total. The Morgan fingerprint density at radius 3 is 2.72 bits per heavy atom. The summed E-state index contributed by atoms with van der Waals surface area (Å²) in [4.78, 5) is 14.2. The van der Waals surface area contributed by atoms with E-state index < -0.39 is 5.60 Å². The van der Waals surface area contributed by atoms with Gasteiger partial charge < -0.3 is 9.47 Å². The van der Waals surface area contributed by atoms with Crippen LogP contribution in [0.3, 0.4) is 0 Å². The molecular formula is C14H23NO3. The Balaban J connectivity index is 2.14. The molecule has 2 bridgehead atoms. The van der Waals surface area contributed by atoms with Crippen LogP contribution >= 0.6 is 0 Å². The van der Waals surface area contributed by atoms with Crippen LogP contribution in [0.2, 0.25) is 0 Å². The molecule has 1 amide bonds. The van der Waals surface area contributed by atoms with Crippen molar-refractivity contribution in [2.75, 3.05) is 13.2 Å². The van der Waals surface area contributed by atoms with Gasteiger partial charge in [-0.05, 0) is 40.0 Å². The number of ether oxygens (including phenoxy) is 2. The van der Waals surface area contributed by atoms with Gasteiger partial charge in [-0.1, -0.05) is 12.2 Å². The number of hydrogen-bond acceptors (Lipinski definition) is 3. The van der Waals surface area contributed by atoms with Crippen molar-refractivity contribution in [1.29, 1.82) is 0 Å². The summed E-state index contributed by atoms with van der Waals surface area (Å²) in [6.45, 7) is 11.0. The van der Waals surface area contributed by atoms with Gasteiger partial charge in [0, 0.05) is 0 Å². The molecule has 2 atom stereocenters. The molecule has 102 valence electrons. The Morgan fingerprint density at radius 2 is 2.06 bits per heavy atom. The monoisotopic (exact) mass is 253 g/mol. The van der Waals surface area contributed by atoms with Crippen molar-refractivity contribution in [3.05, 3.63) is 12.2 Å². The second-order valence-corrected chi connectivity index (χ2v) is 6.23. The minimum Gasteiger partial charge on any atom is -0.444 e. The maximum Gasteiger partial charge on any atom is 0.410 e. The number of carbonyl (C=O) groups is 1. The van der Waals surface area contributed by atoms with Gasteiger partial charge in [0.25, 0.3) is 0 Å². The fourth-order valence-corrected chi connectivity index (χ4v) is 2.60. The number of carbonyl (C=O) groups excluding carboxylic acids is 1. The second-order valence-electron chi connectivity index (χ2n) is 6.23. The minimum atomic E-state index is -0.449. The average Bonchev–Trinajstić information content (AvgIpc) is 2.31. The molecule has 2 aliphatic heterocycles. The van der Waals surface area contributed by atoms with Crippen LogP contribution in [-0.2, 0) is 9.47 Å². The summed E-state index contributed by atoms with van der Waals surface area (Å²) in [6.07, 6.45) is 2.52. The summed E-state index contributed by atoms with van der Waals surface area (Å²) in [5.74, 6) is 0. The molecule has 0 aromatic rings. The van der Waals surface area contributed by atoms with E-state index in [0.29, 0.717) is 13.2 Å². The zero-order valence-corrected chi connectivity index (χ0v) is 11.6. The van der Waals surface area contributed by atoms with Gasteiger partial charge in [0.2, 0.25) is 0 Å².